The summed E-state index contributed by atoms with van der Waals surface area (Å²) in [4.78, 5) is 0. The number of H-pyrrole nitrogens is 1. The number of aliphatic hydroxyl groups is 1. The summed E-state index contributed by atoms with van der Waals surface area (Å²) >= 11 is 0. The highest BCUT2D eigenvalue weighted by atomic mass is 19.4. The van der Waals surface area contributed by atoms with Gasteiger partial charge in [-0.15, -0.1) is 0 Å². The van der Waals surface area contributed by atoms with Crippen molar-refractivity contribution in [2.75, 3.05) is 6.67 Å². The van der Waals surface area contributed by atoms with E-state index in [1.807, 2.05) is 0 Å². The van der Waals surface area contributed by atoms with E-state index in [0.717, 1.165) is 6.20 Å². The van der Waals surface area contributed by atoms with Gasteiger partial charge in [0.2, 0.25) is 0 Å². The van der Waals surface area contributed by atoms with E-state index >= 15 is 0 Å². The molecule has 1 aromatic rings. The Bertz CT molecular complexity index is 282. The number of hydrogen-bond donors (Lipinski definition) is 2. The fourth-order valence-electron chi connectivity index (χ4n) is 0.858. The predicted molar refractivity (Wildman–Crippen MR) is 34.5 cm³/mol. The van der Waals surface area contributed by atoms with Crippen LogP contribution in [0.2, 0.25) is 0 Å². The predicted octanol–water partition coefficient (Wildman–Crippen LogP) is 1.43. The van der Waals surface area contributed by atoms with Gasteiger partial charge in [-0.3, -0.25) is 5.10 Å². The van der Waals surface area contributed by atoms with E-state index in [2.05, 4.69) is 5.10 Å². The van der Waals surface area contributed by atoms with Gasteiger partial charge in [-0.25, -0.2) is 4.39 Å². The fourth-order valence-corrected chi connectivity index (χ4v) is 0.858. The lowest BCUT2D eigenvalue weighted by Crippen LogP contribution is -2.12. The highest BCUT2D eigenvalue weighted by molar-refractivity contribution is 5.21. The number of aromatic amines is 1. The van der Waals surface area contributed by atoms with E-state index in [-0.39, 0.29) is 0 Å². The minimum absolute atomic E-state index is 0.574. The van der Waals surface area contributed by atoms with Gasteiger partial charge in [0.05, 0.1) is 6.20 Å². The molecule has 1 atom stereocenters. The quantitative estimate of drug-likeness (QED) is 0.706. The number of aromatic nitrogens is 2. The molecule has 0 bridgehead atoms. The summed E-state index contributed by atoms with van der Waals surface area (Å²) < 4.78 is 48.1. The number of nitrogens with zero attached hydrogens (tertiary/aromatic N) is 1. The van der Waals surface area contributed by atoms with Crippen LogP contribution in [0.15, 0.2) is 6.20 Å². The summed E-state index contributed by atoms with van der Waals surface area (Å²) in [5.74, 6) is 0. The molecule has 74 valence electrons. The molecule has 1 aromatic heterocycles. The van der Waals surface area contributed by atoms with E-state index < -0.39 is 30.2 Å². The third kappa shape index (κ3) is 1.97. The van der Waals surface area contributed by atoms with Gasteiger partial charge >= 0.3 is 6.18 Å². The normalized spacial score (nSPS) is 14.5. The Morgan fingerprint density at radius 2 is 2.15 bits per heavy atom. The number of rotatable bonds is 2. The van der Waals surface area contributed by atoms with Gasteiger partial charge in [-0.2, -0.15) is 18.3 Å². The molecule has 0 saturated heterocycles. The first-order chi connectivity index (χ1) is 5.96. The van der Waals surface area contributed by atoms with Crippen molar-refractivity contribution in [2.45, 2.75) is 12.3 Å². The summed E-state index contributed by atoms with van der Waals surface area (Å²) in [5, 5.41) is 13.6. The van der Waals surface area contributed by atoms with E-state index in [0.29, 0.717) is 0 Å². The van der Waals surface area contributed by atoms with E-state index in [1.54, 1.807) is 5.10 Å². The van der Waals surface area contributed by atoms with E-state index in [9.17, 15) is 17.6 Å². The van der Waals surface area contributed by atoms with Gasteiger partial charge in [0.1, 0.15) is 18.5 Å². The van der Waals surface area contributed by atoms with Crippen molar-refractivity contribution in [3.8, 4) is 0 Å². The van der Waals surface area contributed by atoms with E-state index in [4.69, 9.17) is 5.11 Å². The molecule has 7 heteroatoms. The summed E-state index contributed by atoms with van der Waals surface area (Å²) in [6, 6.07) is 0. The van der Waals surface area contributed by atoms with Crippen LogP contribution in [0.4, 0.5) is 17.6 Å². The van der Waals surface area contributed by atoms with Crippen LogP contribution in [0.5, 0.6) is 0 Å². The van der Waals surface area contributed by atoms with Gasteiger partial charge in [-0.1, -0.05) is 0 Å². The minimum atomic E-state index is -4.65. The van der Waals surface area contributed by atoms with Crippen molar-refractivity contribution in [1.29, 1.82) is 0 Å². The second kappa shape index (κ2) is 3.33. The topological polar surface area (TPSA) is 48.9 Å². The average molecular weight is 198 g/mol. The van der Waals surface area contributed by atoms with E-state index in [1.165, 1.54) is 0 Å². The standard InChI is InChI=1S/C6H6F4N2O/c7-1-4(13)3-2-11-12-5(3)6(8,9)10/h2,4,13H,1H2,(H,11,12). The van der Waals surface area contributed by atoms with Gasteiger partial charge in [0.15, 0.2) is 0 Å². The number of alkyl halides is 4. The molecule has 0 fully saturated rings. The van der Waals surface area contributed by atoms with Gasteiger partial charge in [0.25, 0.3) is 0 Å². The Morgan fingerprint density at radius 1 is 1.54 bits per heavy atom. The van der Waals surface area contributed by atoms with Crippen LogP contribution in [-0.2, 0) is 6.18 Å². The molecule has 0 radical (unpaired) electrons. The van der Waals surface area contributed by atoms with Crippen LogP contribution < -0.4 is 0 Å². The minimum Gasteiger partial charge on any atom is -0.386 e. The number of aliphatic hydroxyl groups excluding tert-OH is 1. The summed E-state index contributed by atoms with van der Waals surface area (Å²) in [6.45, 7) is -1.28. The van der Waals surface area contributed by atoms with Crippen molar-refractivity contribution in [3.63, 3.8) is 0 Å². The maximum Gasteiger partial charge on any atom is 0.433 e. The molecule has 0 saturated carbocycles. The zero-order valence-electron chi connectivity index (χ0n) is 6.27. The van der Waals surface area contributed by atoms with Gasteiger partial charge in [0, 0.05) is 5.56 Å². The van der Waals surface area contributed by atoms with Crippen molar-refractivity contribution >= 4 is 0 Å². The second-order valence-electron chi connectivity index (χ2n) is 2.37. The number of halogens is 4. The highest BCUT2D eigenvalue weighted by Crippen LogP contribution is 2.32. The number of nitrogens with one attached hydrogen (secondary N) is 1. The Labute approximate surface area is 70.4 Å². The maximum atomic E-state index is 12.1. The first-order valence-electron chi connectivity index (χ1n) is 3.31. The fraction of sp³-hybridized carbons (Fsp3) is 0.500. The lowest BCUT2D eigenvalue weighted by Gasteiger charge is -2.09. The van der Waals surface area contributed by atoms with Crippen molar-refractivity contribution in [3.05, 3.63) is 17.5 Å². The molecule has 1 rings (SSSR count). The third-order valence-electron chi connectivity index (χ3n) is 1.46. The lowest BCUT2D eigenvalue weighted by atomic mass is 10.1. The Kier molecular flexibility index (Phi) is 2.55. The first-order valence-corrected chi connectivity index (χ1v) is 3.31. The second-order valence-corrected chi connectivity index (χ2v) is 2.37. The molecule has 1 unspecified atom stereocenters. The summed E-state index contributed by atoms with van der Waals surface area (Å²) in [5.41, 5.74) is -1.78. The highest BCUT2D eigenvalue weighted by Gasteiger charge is 2.37. The molecule has 0 amide bonds. The average Bonchev–Trinajstić information content (AvgIpc) is 2.49. The molecule has 0 spiro atoms. The van der Waals surface area contributed by atoms with Gasteiger partial charge in [-0.05, 0) is 0 Å². The third-order valence-corrected chi connectivity index (χ3v) is 1.46. The lowest BCUT2D eigenvalue weighted by molar-refractivity contribution is -0.142. The van der Waals surface area contributed by atoms with Crippen LogP contribution >= 0.6 is 0 Å². The Morgan fingerprint density at radius 3 is 2.62 bits per heavy atom. The summed E-state index contributed by atoms with van der Waals surface area (Å²) in [7, 11) is 0. The van der Waals surface area contributed by atoms with Crippen LogP contribution in [0, 0.1) is 0 Å². The monoisotopic (exact) mass is 198 g/mol. The SMILES string of the molecule is OC(CF)c1cn[nH]c1C(F)(F)F. The van der Waals surface area contributed by atoms with Crippen LogP contribution in [0.3, 0.4) is 0 Å². The molecule has 13 heavy (non-hydrogen) atoms. The van der Waals surface area contributed by atoms with Crippen LogP contribution in [0.1, 0.15) is 17.4 Å². The molecular weight excluding hydrogens is 192 g/mol. The zero-order valence-corrected chi connectivity index (χ0v) is 6.27. The van der Waals surface area contributed by atoms with Crippen LogP contribution in [0.25, 0.3) is 0 Å². The molecular formula is C6H6F4N2O. The molecule has 0 aliphatic rings. The molecule has 0 aromatic carbocycles. The van der Waals surface area contributed by atoms with Crippen molar-refractivity contribution < 1.29 is 22.7 Å². The Balaban J connectivity index is 3.03. The summed E-state index contributed by atoms with van der Waals surface area (Å²) in [6.07, 6.45) is -5.68. The van der Waals surface area contributed by atoms with Crippen molar-refractivity contribution in [2.24, 2.45) is 0 Å². The zero-order chi connectivity index (χ0) is 10.1. The molecule has 0 aliphatic carbocycles. The Hall–Kier alpha value is -1.11. The smallest absolute Gasteiger partial charge is 0.386 e. The molecule has 1 heterocycles. The van der Waals surface area contributed by atoms with Crippen molar-refractivity contribution in [1.82, 2.24) is 10.2 Å². The first kappa shape index (κ1) is 9.97. The number of hydrogen-bond acceptors (Lipinski definition) is 2. The molecule has 0 aliphatic heterocycles. The molecule has 3 nitrogen and oxygen atoms in total. The van der Waals surface area contributed by atoms with Gasteiger partial charge < -0.3 is 5.11 Å². The molecule has 2 N–H and O–H groups in total. The van der Waals surface area contributed by atoms with Crippen LogP contribution in [-0.4, -0.2) is 22.0 Å². The maximum absolute atomic E-state index is 12.1. The largest absolute Gasteiger partial charge is 0.433 e.